The van der Waals surface area contributed by atoms with E-state index >= 15 is 0 Å². The van der Waals surface area contributed by atoms with Gasteiger partial charge in [-0.1, -0.05) is 35.9 Å². The Morgan fingerprint density at radius 3 is 2.09 bits per heavy atom. The molecule has 0 radical (unpaired) electrons. The zero-order valence-electron chi connectivity index (χ0n) is 23.7. The summed E-state index contributed by atoms with van der Waals surface area (Å²) in [6.45, 7) is 1.98. The molecule has 4 aromatic rings. The van der Waals surface area contributed by atoms with Gasteiger partial charge in [-0.25, -0.2) is 13.6 Å². The Kier molecular flexibility index (Phi) is 9.71. The van der Waals surface area contributed by atoms with Crippen molar-refractivity contribution in [2.75, 3.05) is 48.3 Å². The van der Waals surface area contributed by atoms with Crippen molar-refractivity contribution in [1.29, 1.82) is 0 Å². The van der Waals surface area contributed by atoms with E-state index < -0.39 is 17.5 Å². The number of carbonyl (C=O) groups is 3. The minimum Gasteiger partial charge on any atom is -0.368 e. The molecule has 1 saturated heterocycles. The average molecular weight is 618 g/mol. The van der Waals surface area contributed by atoms with Gasteiger partial charge in [0.05, 0.1) is 5.69 Å². The van der Waals surface area contributed by atoms with Crippen molar-refractivity contribution in [2.45, 2.75) is 6.54 Å². The number of nitrogens with zero attached hydrogens (tertiary/aromatic N) is 3. The number of hydrogen-bond acceptors (Lipinski definition) is 4. The maximum absolute atomic E-state index is 13.9. The van der Waals surface area contributed by atoms with Gasteiger partial charge in [-0.2, -0.15) is 0 Å². The van der Waals surface area contributed by atoms with Crippen LogP contribution in [0.2, 0.25) is 5.02 Å². The molecule has 2 N–H and O–H groups in total. The lowest BCUT2D eigenvalue weighted by atomic mass is 10.1. The molecule has 0 unspecified atom stereocenters. The van der Waals surface area contributed by atoms with Crippen LogP contribution in [0, 0.1) is 11.6 Å². The van der Waals surface area contributed by atoms with Crippen molar-refractivity contribution in [3.8, 4) is 0 Å². The summed E-state index contributed by atoms with van der Waals surface area (Å²) < 4.78 is 27.3. The van der Waals surface area contributed by atoms with Gasteiger partial charge >= 0.3 is 6.03 Å². The van der Waals surface area contributed by atoms with Crippen LogP contribution in [0.5, 0.6) is 0 Å². The Hall–Kier alpha value is -4.96. The van der Waals surface area contributed by atoms with Crippen molar-refractivity contribution in [2.24, 2.45) is 0 Å². The number of hydrogen-bond donors (Lipinski definition) is 2. The van der Waals surface area contributed by atoms with E-state index in [-0.39, 0.29) is 30.7 Å². The Bertz CT molecular complexity index is 1610. The molecule has 0 atom stereocenters. The molecule has 8 nitrogen and oxygen atoms in total. The average Bonchev–Trinajstić information content (AvgIpc) is 3.03. The highest BCUT2D eigenvalue weighted by atomic mass is 35.5. The second-order valence-corrected chi connectivity index (χ2v) is 10.7. The van der Waals surface area contributed by atoms with Crippen molar-refractivity contribution >= 4 is 46.5 Å². The highest BCUT2D eigenvalue weighted by Crippen LogP contribution is 2.21. The van der Waals surface area contributed by atoms with Crippen LogP contribution < -0.4 is 15.5 Å². The number of para-hydroxylation sites is 1. The number of anilines is 3. The van der Waals surface area contributed by atoms with E-state index in [0.29, 0.717) is 48.0 Å². The number of piperazine rings is 1. The molecular formula is C33H30ClF2N5O3. The van der Waals surface area contributed by atoms with Crippen LogP contribution in [0.4, 0.5) is 30.6 Å². The SMILES string of the molecule is O=C(CN(Cc1ccc(F)cc1)C(=O)c1ccc(Cl)cc1)Nc1ccc(N2CCN(C(=O)Nc3ccccc3F)CC2)cc1. The van der Waals surface area contributed by atoms with Gasteiger partial charge in [0.2, 0.25) is 5.91 Å². The summed E-state index contributed by atoms with van der Waals surface area (Å²) in [6, 6.07) is 25.1. The fourth-order valence-corrected chi connectivity index (χ4v) is 4.96. The largest absolute Gasteiger partial charge is 0.368 e. The van der Waals surface area contributed by atoms with E-state index in [4.69, 9.17) is 11.6 Å². The molecule has 0 aromatic heterocycles. The monoisotopic (exact) mass is 617 g/mol. The Morgan fingerprint density at radius 2 is 1.43 bits per heavy atom. The normalized spacial score (nSPS) is 12.9. The van der Waals surface area contributed by atoms with Crippen molar-refractivity contribution < 1.29 is 23.2 Å². The molecule has 44 heavy (non-hydrogen) atoms. The highest BCUT2D eigenvalue weighted by Gasteiger charge is 2.23. The van der Waals surface area contributed by atoms with Crippen LogP contribution in [-0.2, 0) is 11.3 Å². The van der Waals surface area contributed by atoms with Gasteiger partial charge in [0.25, 0.3) is 5.91 Å². The third-order valence-electron chi connectivity index (χ3n) is 7.20. The van der Waals surface area contributed by atoms with E-state index in [0.717, 1.165) is 5.69 Å². The number of urea groups is 1. The minimum atomic E-state index is -0.486. The minimum absolute atomic E-state index is 0.110. The van der Waals surface area contributed by atoms with Crippen LogP contribution in [0.15, 0.2) is 97.1 Å². The number of benzene rings is 4. The quantitative estimate of drug-likeness (QED) is 0.245. The second-order valence-electron chi connectivity index (χ2n) is 10.3. The number of rotatable bonds is 8. The van der Waals surface area contributed by atoms with Gasteiger partial charge in [-0.15, -0.1) is 0 Å². The number of amides is 4. The molecular weight excluding hydrogens is 588 g/mol. The first kappa shape index (κ1) is 30.5. The number of carbonyl (C=O) groups excluding carboxylic acids is 3. The summed E-state index contributed by atoms with van der Waals surface area (Å²) >= 11 is 5.97. The van der Waals surface area contributed by atoms with E-state index in [1.54, 1.807) is 65.6 Å². The molecule has 11 heteroatoms. The van der Waals surface area contributed by atoms with Gasteiger partial charge < -0.3 is 25.3 Å². The smallest absolute Gasteiger partial charge is 0.322 e. The molecule has 0 aliphatic carbocycles. The number of halogens is 3. The second kappa shape index (κ2) is 14.0. The van der Waals surface area contributed by atoms with Crippen LogP contribution in [0.25, 0.3) is 0 Å². The van der Waals surface area contributed by atoms with Gasteiger partial charge in [0, 0.05) is 54.7 Å². The summed E-state index contributed by atoms with van der Waals surface area (Å²) in [5.41, 5.74) is 2.68. The first-order valence-electron chi connectivity index (χ1n) is 14.0. The molecule has 4 aromatic carbocycles. The van der Waals surface area contributed by atoms with Crippen molar-refractivity contribution in [1.82, 2.24) is 9.80 Å². The van der Waals surface area contributed by atoms with Crippen LogP contribution in [-0.4, -0.2) is 60.4 Å². The zero-order chi connectivity index (χ0) is 31.1. The fraction of sp³-hybridized carbons (Fsp3) is 0.182. The lowest BCUT2D eigenvalue weighted by Crippen LogP contribution is -2.50. The Labute approximate surface area is 258 Å². The van der Waals surface area contributed by atoms with Gasteiger partial charge in [0.15, 0.2) is 0 Å². The van der Waals surface area contributed by atoms with E-state index in [9.17, 15) is 23.2 Å². The van der Waals surface area contributed by atoms with E-state index in [1.165, 1.54) is 29.2 Å². The Morgan fingerprint density at radius 1 is 0.773 bits per heavy atom. The van der Waals surface area contributed by atoms with Crippen LogP contribution in [0.3, 0.4) is 0 Å². The van der Waals surface area contributed by atoms with Gasteiger partial charge in [-0.05, 0) is 78.4 Å². The van der Waals surface area contributed by atoms with Gasteiger partial charge in [0.1, 0.15) is 18.2 Å². The van der Waals surface area contributed by atoms with Gasteiger partial charge in [-0.3, -0.25) is 9.59 Å². The first-order valence-corrected chi connectivity index (χ1v) is 14.4. The maximum Gasteiger partial charge on any atom is 0.322 e. The Balaban J connectivity index is 1.17. The topological polar surface area (TPSA) is 85.0 Å². The lowest BCUT2D eigenvalue weighted by Gasteiger charge is -2.36. The van der Waals surface area contributed by atoms with Crippen LogP contribution >= 0.6 is 11.6 Å². The molecule has 4 amide bonds. The number of nitrogens with one attached hydrogen (secondary N) is 2. The van der Waals surface area contributed by atoms with E-state index in [2.05, 4.69) is 15.5 Å². The molecule has 0 bridgehead atoms. The molecule has 226 valence electrons. The third kappa shape index (κ3) is 7.90. The molecule has 1 heterocycles. The lowest BCUT2D eigenvalue weighted by molar-refractivity contribution is -0.117. The molecule has 0 spiro atoms. The van der Waals surface area contributed by atoms with Crippen LogP contribution in [0.1, 0.15) is 15.9 Å². The summed E-state index contributed by atoms with van der Waals surface area (Å²) in [6.07, 6.45) is 0. The molecule has 1 aliphatic rings. The predicted molar refractivity (Wildman–Crippen MR) is 167 cm³/mol. The summed E-state index contributed by atoms with van der Waals surface area (Å²) in [5, 5.41) is 5.94. The molecule has 5 rings (SSSR count). The standard InChI is InChI=1S/C33H30ClF2N5O3/c34-25-9-7-24(8-10-25)32(43)41(21-23-5-11-26(35)12-6-23)22-31(42)37-27-13-15-28(16-14-27)39-17-19-40(20-18-39)33(44)38-30-4-2-1-3-29(30)36/h1-16H,17-22H2,(H,37,42)(H,38,44). The van der Waals surface area contributed by atoms with Crippen molar-refractivity contribution in [3.63, 3.8) is 0 Å². The first-order chi connectivity index (χ1) is 21.2. The molecule has 1 fully saturated rings. The third-order valence-corrected chi connectivity index (χ3v) is 7.45. The molecule has 1 aliphatic heterocycles. The summed E-state index contributed by atoms with van der Waals surface area (Å²) in [5.74, 6) is -1.63. The zero-order valence-corrected chi connectivity index (χ0v) is 24.4. The maximum atomic E-state index is 13.9. The highest BCUT2D eigenvalue weighted by molar-refractivity contribution is 6.30. The van der Waals surface area contributed by atoms with E-state index in [1.807, 2.05) is 12.1 Å². The summed E-state index contributed by atoms with van der Waals surface area (Å²) in [4.78, 5) is 44.0. The fourth-order valence-electron chi connectivity index (χ4n) is 4.84. The van der Waals surface area contributed by atoms with Crippen molar-refractivity contribution in [3.05, 3.63) is 125 Å². The predicted octanol–water partition coefficient (Wildman–Crippen LogP) is 6.25. The molecule has 0 saturated carbocycles. The summed E-state index contributed by atoms with van der Waals surface area (Å²) in [7, 11) is 0.